The molecule has 1 fully saturated rings. The third kappa shape index (κ3) is 5.04. The van der Waals surface area contributed by atoms with Crippen LogP contribution in [0.15, 0.2) is 16.7 Å². The van der Waals surface area contributed by atoms with E-state index in [0.717, 1.165) is 18.2 Å². The second-order valence-electron chi connectivity index (χ2n) is 9.32. The molecular weight excluding hydrogens is 715 g/mol. The van der Waals surface area contributed by atoms with Gasteiger partial charge in [-0.2, -0.15) is 39.5 Å². The number of nitriles is 5. The first-order valence-corrected chi connectivity index (χ1v) is 12.2. The first-order chi connectivity index (χ1) is 23.3. The number of rotatable bonds is 3. The molecule has 0 amide bonds. The molecular formula is C30F15N5. The number of alkyl halides is 3. The molecule has 0 unspecified atom stereocenters. The number of halogens is 15. The van der Waals surface area contributed by atoms with E-state index in [1.54, 1.807) is 0 Å². The minimum atomic E-state index is -6.15. The smallest absolute Gasteiger partial charge is 0.203 e. The maximum Gasteiger partial charge on any atom is 0.422 e. The Morgan fingerprint density at radius 3 is 0.760 bits per heavy atom. The van der Waals surface area contributed by atoms with Crippen molar-refractivity contribution >= 4 is 16.7 Å². The molecule has 0 atom stereocenters. The molecule has 4 rings (SSSR count). The highest BCUT2D eigenvalue weighted by Gasteiger charge is 2.48. The molecule has 50 heavy (non-hydrogen) atoms. The molecule has 1 aliphatic carbocycles. The number of hydrogen-bond acceptors (Lipinski definition) is 5. The number of benzene rings is 3. The zero-order valence-corrected chi connectivity index (χ0v) is 22.9. The predicted octanol–water partition coefficient (Wildman–Crippen LogP) is 8.36. The number of nitrogens with zero attached hydrogens (tertiary/aromatic N) is 5. The maximum absolute atomic E-state index is 15.0. The highest BCUT2D eigenvalue weighted by atomic mass is 19.4. The van der Waals surface area contributed by atoms with Gasteiger partial charge in [0.05, 0.1) is 33.4 Å². The second-order valence-corrected chi connectivity index (χ2v) is 9.32. The highest BCUT2D eigenvalue weighted by molar-refractivity contribution is 6.12. The van der Waals surface area contributed by atoms with Crippen LogP contribution in [0, 0.1) is 126 Å². The third-order valence-corrected chi connectivity index (χ3v) is 6.82. The van der Waals surface area contributed by atoms with Crippen LogP contribution >= 0.6 is 0 Å². The Morgan fingerprint density at radius 1 is 0.360 bits per heavy atom. The zero-order valence-electron chi connectivity index (χ0n) is 22.9. The van der Waals surface area contributed by atoms with Crippen LogP contribution in [0.5, 0.6) is 0 Å². The monoisotopic (exact) mass is 715 g/mol. The van der Waals surface area contributed by atoms with E-state index in [0.29, 0.717) is 12.1 Å². The Labute approximate surface area is 265 Å². The minimum Gasteiger partial charge on any atom is -0.203 e. The Balaban J connectivity index is 2.38. The summed E-state index contributed by atoms with van der Waals surface area (Å²) in [5, 5.41) is 46.9. The van der Waals surface area contributed by atoms with Gasteiger partial charge >= 0.3 is 6.18 Å². The maximum atomic E-state index is 15.0. The van der Waals surface area contributed by atoms with Gasteiger partial charge in [-0.25, -0.2) is 52.7 Å². The molecule has 3 aromatic carbocycles. The van der Waals surface area contributed by atoms with Crippen LogP contribution in [0.4, 0.5) is 65.9 Å². The van der Waals surface area contributed by atoms with E-state index < -0.39 is 143 Å². The molecule has 0 saturated heterocycles. The van der Waals surface area contributed by atoms with Gasteiger partial charge in [-0.3, -0.25) is 0 Å². The molecule has 0 aromatic heterocycles. The van der Waals surface area contributed by atoms with Gasteiger partial charge < -0.3 is 0 Å². The first-order valence-electron chi connectivity index (χ1n) is 12.2. The van der Waals surface area contributed by atoms with E-state index in [1.165, 1.54) is 0 Å². The number of allylic oxidation sites excluding steroid dienone is 6. The van der Waals surface area contributed by atoms with E-state index >= 15 is 26.3 Å². The summed E-state index contributed by atoms with van der Waals surface area (Å²) in [6, 6.07) is 3.92. The molecule has 0 aliphatic heterocycles. The van der Waals surface area contributed by atoms with E-state index in [9.17, 15) is 55.3 Å². The largest absolute Gasteiger partial charge is 0.422 e. The highest BCUT2D eigenvalue weighted by Crippen LogP contribution is 2.57. The number of hydrogen-bond donors (Lipinski definition) is 0. The summed E-state index contributed by atoms with van der Waals surface area (Å²) in [4.78, 5) is 0. The van der Waals surface area contributed by atoms with Gasteiger partial charge in [0.25, 0.3) is 0 Å². The summed E-state index contributed by atoms with van der Waals surface area (Å²) < 4.78 is 217. The summed E-state index contributed by atoms with van der Waals surface area (Å²) in [7, 11) is 0. The standard InChI is InChI=1S/C30F15N5/c31-18-9(4-49)19(32)23(36)14(22(18)35)6(1-46)11-12(7(2-47)15-24(37)20(33)10(5-50)21(34)25(15)38)13(11)8(3-48)16-26(39)28(41)17(30(43,44)45)29(42)27(16)40/b11-6+,12-7?,13-8+. The molecule has 0 N–H and O–H groups in total. The third-order valence-electron chi connectivity index (χ3n) is 6.82. The quantitative estimate of drug-likeness (QED) is 0.153. The first kappa shape index (κ1) is 36.1. The minimum absolute atomic E-state index is 0.715. The molecule has 3 aromatic rings. The van der Waals surface area contributed by atoms with E-state index in [1.807, 2.05) is 0 Å². The van der Waals surface area contributed by atoms with Crippen LogP contribution in [0.25, 0.3) is 16.7 Å². The Morgan fingerprint density at radius 2 is 0.580 bits per heavy atom. The van der Waals surface area contributed by atoms with Crippen molar-refractivity contribution in [3.05, 3.63) is 120 Å². The molecule has 0 radical (unpaired) electrons. The second kappa shape index (κ2) is 12.4. The van der Waals surface area contributed by atoms with Crippen molar-refractivity contribution < 1.29 is 65.9 Å². The SMILES string of the molecule is N#CC(=C1C(=C(/C#N)c2c(F)c(F)c(C#N)c(F)c2F)/C1=C(/C#N)c1c(F)c(F)c(C(F)(F)F)c(F)c1F)c1c(F)c(F)c(C#N)c(F)c1F. The van der Waals surface area contributed by atoms with Gasteiger partial charge in [0.2, 0.25) is 0 Å². The Hall–Kier alpha value is -6.72. The molecule has 0 bridgehead atoms. The van der Waals surface area contributed by atoms with Crippen LogP contribution in [0.2, 0.25) is 0 Å². The van der Waals surface area contributed by atoms with Crippen LogP contribution in [-0.4, -0.2) is 0 Å². The fourth-order valence-electron chi connectivity index (χ4n) is 4.65. The molecule has 1 aliphatic rings. The molecule has 20 heteroatoms. The fourth-order valence-corrected chi connectivity index (χ4v) is 4.65. The van der Waals surface area contributed by atoms with Crippen molar-refractivity contribution in [2.24, 2.45) is 0 Å². The van der Waals surface area contributed by atoms with Crippen LogP contribution in [-0.2, 0) is 6.18 Å². The summed E-state index contributed by atoms with van der Waals surface area (Å²) in [6.07, 6.45) is -6.15. The van der Waals surface area contributed by atoms with Crippen molar-refractivity contribution in [3.8, 4) is 30.3 Å². The Bertz CT molecular complexity index is 2230. The van der Waals surface area contributed by atoms with Crippen molar-refractivity contribution in [2.45, 2.75) is 6.18 Å². The fraction of sp³-hybridized carbons (Fsp3) is 0.0333. The lowest BCUT2D eigenvalue weighted by Crippen LogP contribution is -2.17. The predicted molar refractivity (Wildman–Crippen MR) is 131 cm³/mol. The van der Waals surface area contributed by atoms with E-state index in [4.69, 9.17) is 10.5 Å². The van der Waals surface area contributed by atoms with E-state index in [2.05, 4.69) is 0 Å². The lowest BCUT2D eigenvalue weighted by molar-refractivity contribution is -0.143. The van der Waals surface area contributed by atoms with Gasteiger partial charge in [-0.15, -0.1) is 0 Å². The molecule has 0 spiro atoms. The van der Waals surface area contributed by atoms with Crippen molar-refractivity contribution in [1.82, 2.24) is 0 Å². The van der Waals surface area contributed by atoms with Crippen molar-refractivity contribution in [3.63, 3.8) is 0 Å². The van der Waals surface area contributed by atoms with Gasteiger partial charge in [0, 0.05) is 16.7 Å². The van der Waals surface area contributed by atoms with Crippen molar-refractivity contribution in [2.75, 3.05) is 0 Å². The molecule has 5 nitrogen and oxygen atoms in total. The molecule has 0 heterocycles. The summed E-state index contributed by atoms with van der Waals surface area (Å²) in [6.45, 7) is 0. The van der Waals surface area contributed by atoms with Gasteiger partial charge in [-0.05, 0) is 0 Å². The lowest BCUT2D eigenvalue weighted by atomic mass is 9.98. The molecule has 1 saturated carbocycles. The van der Waals surface area contributed by atoms with Gasteiger partial charge in [-0.1, -0.05) is 0 Å². The average Bonchev–Trinajstić information content (AvgIpc) is 3.77. The normalized spacial score (nSPS) is 15.3. The van der Waals surface area contributed by atoms with Gasteiger partial charge in [0.15, 0.2) is 69.8 Å². The van der Waals surface area contributed by atoms with Gasteiger partial charge in [0.1, 0.15) is 47.0 Å². The summed E-state index contributed by atoms with van der Waals surface area (Å²) in [5.74, 6) is -33.1. The lowest BCUT2D eigenvalue weighted by Gasteiger charge is -2.13. The van der Waals surface area contributed by atoms with E-state index in [-0.39, 0.29) is 0 Å². The molecule has 250 valence electrons. The Kier molecular flexibility index (Phi) is 8.95. The van der Waals surface area contributed by atoms with Crippen molar-refractivity contribution in [1.29, 1.82) is 26.3 Å². The van der Waals surface area contributed by atoms with Crippen LogP contribution in [0.3, 0.4) is 0 Å². The summed E-state index contributed by atoms with van der Waals surface area (Å²) in [5.41, 5.74) is -24.5. The van der Waals surface area contributed by atoms with Crippen LogP contribution in [0.1, 0.15) is 33.4 Å². The average molecular weight is 715 g/mol. The topological polar surface area (TPSA) is 119 Å². The zero-order chi connectivity index (χ0) is 37.9. The van der Waals surface area contributed by atoms with Crippen LogP contribution < -0.4 is 0 Å². The summed E-state index contributed by atoms with van der Waals surface area (Å²) >= 11 is 0.